The Labute approximate surface area is 171 Å². The normalized spacial score (nSPS) is 13.5. The van der Waals surface area contributed by atoms with Gasteiger partial charge in [0.05, 0.1) is 5.39 Å². The number of rotatable bonds is 3. The predicted octanol–water partition coefficient (Wildman–Crippen LogP) is 3.58. The van der Waals surface area contributed by atoms with Crippen LogP contribution in [0, 0.1) is 5.82 Å². The zero-order chi connectivity index (χ0) is 20.8. The number of nitrogen functional groups attached to an aromatic ring is 1. The van der Waals surface area contributed by atoms with Crippen molar-refractivity contribution in [2.45, 2.75) is 25.7 Å². The maximum absolute atomic E-state index is 14.1. The van der Waals surface area contributed by atoms with Gasteiger partial charge in [0, 0.05) is 24.1 Å². The molecule has 2 aromatic heterocycles. The number of nitrogens with two attached hydrogens (primary N) is 1. The van der Waals surface area contributed by atoms with Crippen molar-refractivity contribution in [2.24, 2.45) is 0 Å². The van der Waals surface area contributed by atoms with E-state index in [1.807, 2.05) is 12.1 Å². The van der Waals surface area contributed by atoms with Gasteiger partial charge in [-0.2, -0.15) is 5.10 Å². The summed E-state index contributed by atoms with van der Waals surface area (Å²) >= 11 is 0. The van der Waals surface area contributed by atoms with Crippen molar-refractivity contribution in [2.75, 3.05) is 11.1 Å². The molecular weight excluding hydrogens is 383 g/mol. The lowest BCUT2D eigenvalue weighted by molar-refractivity contribution is -0.114. The number of halogens is 1. The van der Waals surface area contributed by atoms with E-state index in [2.05, 4.69) is 37.6 Å². The first-order chi connectivity index (χ1) is 14.5. The molecule has 1 aliphatic rings. The summed E-state index contributed by atoms with van der Waals surface area (Å²) in [4.78, 5) is 20.6. The quantitative estimate of drug-likeness (QED) is 0.485. The van der Waals surface area contributed by atoms with E-state index in [1.165, 1.54) is 30.2 Å². The monoisotopic (exact) mass is 402 g/mol. The van der Waals surface area contributed by atoms with Crippen LogP contribution >= 0.6 is 0 Å². The number of hydrogen-bond acceptors (Lipinski definition) is 5. The van der Waals surface area contributed by atoms with Gasteiger partial charge in [0.25, 0.3) is 0 Å². The molecule has 0 bridgehead atoms. The third-order valence-corrected chi connectivity index (χ3v) is 5.37. The van der Waals surface area contributed by atoms with Crippen LogP contribution in [0.2, 0.25) is 0 Å². The van der Waals surface area contributed by atoms with Crippen molar-refractivity contribution in [3.05, 3.63) is 65.2 Å². The van der Waals surface area contributed by atoms with E-state index in [-0.39, 0.29) is 11.8 Å². The van der Waals surface area contributed by atoms with E-state index in [9.17, 15) is 9.18 Å². The smallest absolute Gasteiger partial charge is 0.221 e. The Hall–Kier alpha value is -3.81. The number of aromatic nitrogens is 4. The van der Waals surface area contributed by atoms with Gasteiger partial charge in [-0.15, -0.1) is 0 Å². The number of carbonyl (C=O) groups is 1. The zero-order valence-electron chi connectivity index (χ0n) is 16.2. The van der Waals surface area contributed by atoms with E-state index in [0.29, 0.717) is 39.6 Å². The fourth-order valence-electron chi connectivity index (χ4n) is 4.11. The molecule has 0 radical (unpaired) electrons. The van der Waals surface area contributed by atoms with Crippen molar-refractivity contribution >= 4 is 28.4 Å². The minimum atomic E-state index is -0.493. The third-order valence-electron chi connectivity index (χ3n) is 5.37. The topological polar surface area (TPSA) is 110 Å². The molecule has 8 heteroatoms. The molecule has 1 amide bonds. The summed E-state index contributed by atoms with van der Waals surface area (Å²) < 4.78 is 14.1. The van der Waals surface area contributed by atoms with Gasteiger partial charge >= 0.3 is 0 Å². The lowest BCUT2D eigenvalue weighted by atomic mass is 10.0. The predicted molar refractivity (Wildman–Crippen MR) is 112 cm³/mol. The van der Waals surface area contributed by atoms with Crippen LogP contribution in [-0.4, -0.2) is 26.1 Å². The van der Waals surface area contributed by atoms with Crippen LogP contribution in [0.4, 0.5) is 15.9 Å². The van der Waals surface area contributed by atoms with Gasteiger partial charge in [0.1, 0.15) is 23.2 Å². The van der Waals surface area contributed by atoms with Crippen LogP contribution in [0.1, 0.15) is 29.8 Å². The van der Waals surface area contributed by atoms with E-state index in [0.717, 1.165) is 12.8 Å². The second-order valence-electron chi connectivity index (χ2n) is 7.55. The Balaban J connectivity index is 1.54. The lowest BCUT2D eigenvalue weighted by Crippen LogP contribution is -2.07. The Bertz CT molecular complexity index is 1270. The molecule has 30 heavy (non-hydrogen) atoms. The SMILES string of the molecule is CC(=O)Nc1cc(F)cc(-c2n[nH]c3nc(C4Cc5ccccc5C4)nc(N)c23)c1. The summed E-state index contributed by atoms with van der Waals surface area (Å²) in [6.07, 6.45) is 1.73. The summed E-state index contributed by atoms with van der Waals surface area (Å²) in [5.74, 6) is 0.335. The van der Waals surface area contributed by atoms with Gasteiger partial charge in [-0.05, 0) is 42.2 Å². The minimum absolute atomic E-state index is 0.154. The van der Waals surface area contributed by atoms with Crippen LogP contribution in [0.5, 0.6) is 0 Å². The highest BCUT2D eigenvalue weighted by Gasteiger charge is 2.26. The maximum atomic E-state index is 14.1. The molecule has 5 rings (SSSR count). The van der Waals surface area contributed by atoms with Crippen molar-refractivity contribution in [3.8, 4) is 11.3 Å². The molecule has 150 valence electrons. The first-order valence-corrected chi connectivity index (χ1v) is 9.65. The van der Waals surface area contributed by atoms with Crippen molar-refractivity contribution < 1.29 is 9.18 Å². The number of nitrogens with one attached hydrogen (secondary N) is 2. The Morgan fingerprint density at radius 3 is 2.60 bits per heavy atom. The third kappa shape index (κ3) is 3.16. The lowest BCUT2D eigenvalue weighted by Gasteiger charge is -2.09. The molecule has 0 saturated carbocycles. The Morgan fingerprint density at radius 1 is 1.17 bits per heavy atom. The molecule has 0 fully saturated rings. The number of amides is 1. The van der Waals surface area contributed by atoms with E-state index in [4.69, 9.17) is 5.73 Å². The second-order valence-corrected chi connectivity index (χ2v) is 7.55. The van der Waals surface area contributed by atoms with Crippen molar-refractivity contribution in [1.29, 1.82) is 0 Å². The fraction of sp³-hybridized carbons (Fsp3) is 0.182. The van der Waals surface area contributed by atoms with Gasteiger partial charge in [0.15, 0.2) is 5.65 Å². The fourth-order valence-corrected chi connectivity index (χ4v) is 4.11. The minimum Gasteiger partial charge on any atom is -0.383 e. The van der Waals surface area contributed by atoms with Crippen LogP contribution < -0.4 is 11.1 Å². The van der Waals surface area contributed by atoms with Gasteiger partial charge in [0.2, 0.25) is 5.91 Å². The van der Waals surface area contributed by atoms with Gasteiger partial charge < -0.3 is 11.1 Å². The molecule has 0 unspecified atom stereocenters. The summed E-state index contributed by atoms with van der Waals surface area (Å²) in [5, 5.41) is 10.3. The summed E-state index contributed by atoms with van der Waals surface area (Å²) in [6.45, 7) is 1.36. The molecule has 2 aromatic carbocycles. The first-order valence-electron chi connectivity index (χ1n) is 9.65. The van der Waals surface area contributed by atoms with Gasteiger partial charge in [-0.3, -0.25) is 9.89 Å². The highest BCUT2D eigenvalue weighted by molar-refractivity contribution is 5.99. The highest BCUT2D eigenvalue weighted by Crippen LogP contribution is 2.35. The number of H-pyrrole nitrogens is 1. The molecule has 0 aliphatic heterocycles. The molecule has 0 atom stereocenters. The average molecular weight is 402 g/mol. The number of aromatic amines is 1. The molecule has 0 spiro atoms. The largest absolute Gasteiger partial charge is 0.383 e. The van der Waals surface area contributed by atoms with Crippen LogP contribution in [0.25, 0.3) is 22.3 Å². The molecular formula is C22H19FN6O. The zero-order valence-corrected chi connectivity index (χ0v) is 16.2. The summed E-state index contributed by atoms with van der Waals surface area (Å²) in [5.41, 5.74) is 10.7. The van der Waals surface area contributed by atoms with Gasteiger partial charge in [-0.25, -0.2) is 14.4 Å². The van der Waals surface area contributed by atoms with Crippen LogP contribution in [0.3, 0.4) is 0 Å². The number of fused-ring (bicyclic) bond motifs is 2. The Morgan fingerprint density at radius 2 is 1.90 bits per heavy atom. The van der Waals surface area contributed by atoms with Crippen molar-refractivity contribution in [1.82, 2.24) is 20.2 Å². The molecule has 7 nitrogen and oxygen atoms in total. The first kappa shape index (κ1) is 18.2. The summed E-state index contributed by atoms with van der Waals surface area (Å²) in [6, 6.07) is 12.5. The Kier molecular flexibility index (Phi) is 4.20. The highest BCUT2D eigenvalue weighted by atomic mass is 19.1. The molecule has 0 saturated heterocycles. The van der Waals surface area contributed by atoms with Gasteiger partial charge in [-0.1, -0.05) is 24.3 Å². The maximum Gasteiger partial charge on any atom is 0.221 e. The molecule has 1 aliphatic carbocycles. The van der Waals surface area contributed by atoms with E-state index >= 15 is 0 Å². The number of carbonyl (C=O) groups excluding carboxylic acids is 1. The molecule has 2 heterocycles. The van der Waals surface area contributed by atoms with E-state index < -0.39 is 5.82 Å². The number of anilines is 2. The molecule has 4 aromatic rings. The number of nitrogens with zero attached hydrogens (tertiary/aromatic N) is 3. The standard InChI is InChI=1S/C22H19FN6O/c1-11(30)25-17-9-14(8-16(23)10-17)19-18-20(24)26-21(27-22(18)29-28-19)15-6-12-4-2-3-5-13(12)7-15/h2-5,8-10,15H,6-7H2,1H3,(H,25,30)(H3,24,26,27,28,29). The van der Waals surface area contributed by atoms with Crippen molar-refractivity contribution in [3.63, 3.8) is 0 Å². The molecule has 4 N–H and O–H groups in total. The number of benzene rings is 2. The van der Waals surface area contributed by atoms with E-state index in [1.54, 1.807) is 6.07 Å². The second kappa shape index (κ2) is 6.91. The van der Waals surface area contributed by atoms with Crippen LogP contribution in [-0.2, 0) is 17.6 Å². The summed E-state index contributed by atoms with van der Waals surface area (Å²) in [7, 11) is 0. The van der Waals surface area contributed by atoms with Crippen LogP contribution in [0.15, 0.2) is 42.5 Å². The number of hydrogen-bond donors (Lipinski definition) is 3. The average Bonchev–Trinajstić information content (AvgIpc) is 3.31.